The third-order valence-corrected chi connectivity index (χ3v) is 4.27. The lowest BCUT2D eigenvalue weighted by Gasteiger charge is -2.26. The zero-order chi connectivity index (χ0) is 19.2. The molecule has 0 aliphatic carbocycles. The summed E-state index contributed by atoms with van der Waals surface area (Å²) in [5, 5.41) is 0. The highest BCUT2D eigenvalue weighted by molar-refractivity contribution is 5.97. The van der Waals surface area contributed by atoms with Gasteiger partial charge in [-0.2, -0.15) is 0 Å². The van der Waals surface area contributed by atoms with E-state index in [1.165, 1.54) is 34.9 Å². The second kappa shape index (κ2) is 8.83. The molecule has 0 unspecified atom stereocenters. The quantitative estimate of drug-likeness (QED) is 0.737. The molecule has 0 radical (unpaired) electrons. The molecular weight excluding hydrogens is 356 g/mol. The van der Waals surface area contributed by atoms with E-state index in [0.29, 0.717) is 52.6 Å². The molecule has 146 valence electrons. The maximum Gasteiger partial charge on any atom is 0.415 e. The van der Waals surface area contributed by atoms with Crippen molar-refractivity contribution in [2.45, 2.75) is 6.92 Å². The van der Waals surface area contributed by atoms with Gasteiger partial charge < -0.3 is 28.7 Å². The molecule has 0 saturated carbocycles. The van der Waals surface area contributed by atoms with E-state index in [0.717, 1.165) is 0 Å². The summed E-state index contributed by atoms with van der Waals surface area (Å²) in [6.07, 6.45) is -1.09. The SMILES string of the molecule is CC(=O)c1ccc(OC(=O)N2CCOCC2)cc1OC(=O)N1CCOCC1. The molecule has 0 spiro atoms. The van der Waals surface area contributed by atoms with Crippen LogP contribution in [-0.4, -0.2) is 80.4 Å². The molecule has 2 amide bonds. The lowest BCUT2D eigenvalue weighted by atomic mass is 10.1. The molecule has 0 bridgehead atoms. The number of carbonyl (C=O) groups excluding carboxylic acids is 3. The van der Waals surface area contributed by atoms with Gasteiger partial charge in [-0.25, -0.2) is 9.59 Å². The summed E-state index contributed by atoms with van der Waals surface area (Å²) >= 11 is 0. The van der Waals surface area contributed by atoms with Gasteiger partial charge in [0.2, 0.25) is 0 Å². The third-order valence-electron chi connectivity index (χ3n) is 4.27. The summed E-state index contributed by atoms with van der Waals surface area (Å²) in [6, 6.07) is 4.36. The Hall–Kier alpha value is -2.65. The van der Waals surface area contributed by atoms with Gasteiger partial charge in [-0.05, 0) is 19.1 Å². The zero-order valence-electron chi connectivity index (χ0n) is 15.1. The lowest BCUT2D eigenvalue weighted by Crippen LogP contribution is -2.42. The minimum Gasteiger partial charge on any atom is -0.410 e. The van der Waals surface area contributed by atoms with Gasteiger partial charge >= 0.3 is 12.2 Å². The maximum absolute atomic E-state index is 12.3. The monoisotopic (exact) mass is 378 g/mol. The van der Waals surface area contributed by atoms with Crippen molar-refractivity contribution in [2.75, 3.05) is 52.6 Å². The third kappa shape index (κ3) is 4.95. The number of carbonyl (C=O) groups is 3. The van der Waals surface area contributed by atoms with Crippen molar-refractivity contribution in [3.63, 3.8) is 0 Å². The van der Waals surface area contributed by atoms with Crippen LogP contribution in [0.1, 0.15) is 17.3 Å². The fourth-order valence-corrected chi connectivity index (χ4v) is 2.76. The smallest absolute Gasteiger partial charge is 0.410 e. The molecule has 9 heteroatoms. The van der Waals surface area contributed by atoms with Gasteiger partial charge in [-0.1, -0.05) is 0 Å². The molecule has 0 N–H and O–H groups in total. The number of rotatable bonds is 3. The van der Waals surface area contributed by atoms with Crippen LogP contribution in [0.25, 0.3) is 0 Å². The predicted molar refractivity (Wildman–Crippen MR) is 93.3 cm³/mol. The summed E-state index contributed by atoms with van der Waals surface area (Å²) in [6.45, 7) is 4.90. The van der Waals surface area contributed by atoms with Crippen molar-refractivity contribution < 1.29 is 33.3 Å². The Kier molecular flexibility index (Phi) is 6.25. The fraction of sp³-hybridized carbons (Fsp3) is 0.500. The van der Waals surface area contributed by atoms with Crippen LogP contribution in [0.2, 0.25) is 0 Å². The largest absolute Gasteiger partial charge is 0.415 e. The number of amides is 2. The van der Waals surface area contributed by atoms with Gasteiger partial charge in [0.05, 0.1) is 32.0 Å². The summed E-state index contributed by atoms with van der Waals surface area (Å²) in [7, 11) is 0. The Bertz CT molecular complexity index is 710. The lowest BCUT2D eigenvalue weighted by molar-refractivity contribution is 0.0409. The van der Waals surface area contributed by atoms with Crippen molar-refractivity contribution in [1.29, 1.82) is 0 Å². The Balaban J connectivity index is 1.72. The highest BCUT2D eigenvalue weighted by Crippen LogP contribution is 2.27. The summed E-state index contributed by atoms with van der Waals surface area (Å²) in [4.78, 5) is 39.4. The number of ether oxygens (including phenoxy) is 4. The molecule has 2 aliphatic heterocycles. The van der Waals surface area contributed by atoms with Crippen molar-refractivity contribution in [2.24, 2.45) is 0 Å². The minimum atomic E-state index is -0.572. The molecular formula is C18H22N2O7. The van der Waals surface area contributed by atoms with Crippen molar-refractivity contribution >= 4 is 18.0 Å². The fourth-order valence-electron chi connectivity index (χ4n) is 2.76. The van der Waals surface area contributed by atoms with Gasteiger partial charge in [0.1, 0.15) is 11.5 Å². The van der Waals surface area contributed by atoms with Gasteiger partial charge in [0.25, 0.3) is 0 Å². The summed E-state index contributed by atoms with van der Waals surface area (Å²) in [5.41, 5.74) is 0.239. The Morgan fingerprint density at radius 2 is 1.37 bits per heavy atom. The molecule has 27 heavy (non-hydrogen) atoms. The minimum absolute atomic E-state index is 0.0614. The van der Waals surface area contributed by atoms with Crippen molar-refractivity contribution in [3.8, 4) is 11.5 Å². The van der Waals surface area contributed by atoms with Crippen LogP contribution in [-0.2, 0) is 9.47 Å². The van der Waals surface area contributed by atoms with E-state index in [1.54, 1.807) is 0 Å². The van der Waals surface area contributed by atoms with E-state index in [-0.39, 0.29) is 22.8 Å². The summed E-state index contributed by atoms with van der Waals surface area (Å²) < 4.78 is 21.2. The van der Waals surface area contributed by atoms with Gasteiger partial charge in [-0.15, -0.1) is 0 Å². The first-order valence-electron chi connectivity index (χ1n) is 8.78. The number of benzene rings is 1. The molecule has 0 atom stereocenters. The van der Waals surface area contributed by atoms with E-state index in [9.17, 15) is 14.4 Å². The molecule has 9 nitrogen and oxygen atoms in total. The number of Topliss-reactive ketones (excluding diaryl/α,β-unsaturated/α-hetero) is 1. The van der Waals surface area contributed by atoms with Gasteiger partial charge in [-0.3, -0.25) is 4.79 Å². The number of hydrogen-bond donors (Lipinski definition) is 0. The molecule has 2 saturated heterocycles. The van der Waals surface area contributed by atoms with E-state index in [1.807, 2.05) is 0 Å². The summed E-state index contributed by atoms with van der Waals surface area (Å²) in [5.74, 6) is -0.00151. The first-order chi connectivity index (χ1) is 13.0. The average Bonchev–Trinajstić information content (AvgIpc) is 2.69. The normalized spacial score (nSPS) is 17.4. The van der Waals surface area contributed by atoms with E-state index in [2.05, 4.69) is 0 Å². The highest BCUT2D eigenvalue weighted by Gasteiger charge is 2.23. The number of ketones is 1. The van der Waals surface area contributed by atoms with Crippen LogP contribution in [0, 0.1) is 0 Å². The average molecular weight is 378 g/mol. The van der Waals surface area contributed by atoms with Gasteiger partial charge in [0.15, 0.2) is 5.78 Å². The van der Waals surface area contributed by atoms with Crippen LogP contribution in [0.4, 0.5) is 9.59 Å². The molecule has 1 aromatic carbocycles. The Morgan fingerprint density at radius 1 is 0.852 bits per heavy atom. The number of morpholine rings is 2. The number of nitrogens with zero attached hydrogens (tertiary/aromatic N) is 2. The van der Waals surface area contributed by atoms with Crippen molar-refractivity contribution in [3.05, 3.63) is 23.8 Å². The van der Waals surface area contributed by atoms with Gasteiger partial charge in [0, 0.05) is 32.2 Å². The molecule has 3 rings (SSSR count). The molecule has 2 aliphatic rings. The van der Waals surface area contributed by atoms with Crippen LogP contribution in [0.15, 0.2) is 18.2 Å². The molecule has 2 fully saturated rings. The maximum atomic E-state index is 12.3. The second-order valence-electron chi connectivity index (χ2n) is 6.15. The van der Waals surface area contributed by atoms with E-state index in [4.69, 9.17) is 18.9 Å². The van der Waals surface area contributed by atoms with Crippen LogP contribution in [0.3, 0.4) is 0 Å². The first kappa shape index (κ1) is 19.1. The Labute approximate surface area is 156 Å². The standard InChI is InChI=1S/C18H22N2O7/c1-13(21)15-3-2-14(26-17(22)19-4-8-24-9-5-19)12-16(15)27-18(23)20-6-10-25-11-7-20/h2-3,12H,4-11H2,1H3. The Morgan fingerprint density at radius 3 is 1.89 bits per heavy atom. The van der Waals surface area contributed by atoms with Crippen LogP contribution >= 0.6 is 0 Å². The predicted octanol–water partition coefficient (Wildman–Crippen LogP) is 1.55. The topological polar surface area (TPSA) is 94.6 Å². The van der Waals surface area contributed by atoms with Crippen molar-refractivity contribution in [1.82, 2.24) is 9.80 Å². The molecule has 2 heterocycles. The molecule has 0 aromatic heterocycles. The van der Waals surface area contributed by atoms with E-state index >= 15 is 0 Å². The highest BCUT2D eigenvalue weighted by atomic mass is 16.6. The second-order valence-corrected chi connectivity index (χ2v) is 6.15. The van der Waals surface area contributed by atoms with Crippen LogP contribution in [0.5, 0.6) is 11.5 Å². The zero-order valence-corrected chi connectivity index (χ0v) is 15.1. The van der Waals surface area contributed by atoms with E-state index < -0.39 is 12.2 Å². The first-order valence-corrected chi connectivity index (χ1v) is 8.78. The number of hydrogen-bond acceptors (Lipinski definition) is 7. The molecule has 1 aromatic rings. The van der Waals surface area contributed by atoms with Crippen LogP contribution < -0.4 is 9.47 Å².